The topological polar surface area (TPSA) is 111 Å². The van der Waals surface area contributed by atoms with Crippen LogP contribution in [0.5, 0.6) is 5.75 Å². The van der Waals surface area contributed by atoms with Crippen LogP contribution in [0.4, 0.5) is 0 Å². The lowest BCUT2D eigenvalue weighted by atomic mass is 9.94. The molecule has 0 radical (unpaired) electrons. The van der Waals surface area contributed by atoms with E-state index in [4.69, 9.17) is 21.3 Å². The van der Waals surface area contributed by atoms with Crippen LogP contribution in [0.1, 0.15) is 30.4 Å². The van der Waals surface area contributed by atoms with Crippen LogP contribution in [0.2, 0.25) is 0 Å². The first-order valence-electron chi connectivity index (χ1n) is 7.56. The van der Waals surface area contributed by atoms with Gasteiger partial charge in [0.1, 0.15) is 12.4 Å². The lowest BCUT2D eigenvalue weighted by Gasteiger charge is -2.13. The average molecular weight is 305 g/mol. The van der Waals surface area contributed by atoms with E-state index < -0.39 is 5.97 Å². The maximum atomic E-state index is 10.9. The van der Waals surface area contributed by atoms with Gasteiger partial charge in [0.05, 0.1) is 6.54 Å². The number of aliphatic carboxylic acids is 1. The van der Waals surface area contributed by atoms with Crippen molar-refractivity contribution in [3.63, 3.8) is 0 Å². The van der Waals surface area contributed by atoms with E-state index in [1.54, 1.807) is 0 Å². The SMILES string of the molecule is NC(N)=NCCOc1ccc2c(c1)CCCC(CC(=O)O)C2. The molecule has 0 heterocycles. The van der Waals surface area contributed by atoms with Crippen LogP contribution < -0.4 is 16.2 Å². The van der Waals surface area contributed by atoms with Gasteiger partial charge in [0.15, 0.2) is 5.96 Å². The minimum atomic E-state index is -0.715. The van der Waals surface area contributed by atoms with Crippen molar-refractivity contribution in [1.29, 1.82) is 0 Å². The molecule has 2 rings (SSSR count). The summed E-state index contributed by atoms with van der Waals surface area (Å²) in [4.78, 5) is 14.8. The predicted molar refractivity (Wildman–Crippen MR) is 85.0 cm³/mol. The average Bonchev–Trinajstić information content (AvgIpc) is 2.64. The summed E-state index contributed by atoms with van der Waals surface area (Å²) < 4.78 is 5.64. The number of carboxylic acid groups (broad SMARTS) is 1. The molecule has 1 atom stereocenters. The molecule has 5 N–H and O–H groups in total. The van der Waals surface area contributed by atoms with Crippen LogP contribution in [0.25, 0.3) is 0 Å². The first kappa shape index (κ1) is 16.1. The van der Waals surface area contributed by atoms with E-state index in [1.165, 1.54) is 11.1 Å². The first-order valence-corrected chi connectivity index (χ1v) is 7.56. The van der Waals surface area contributed by atoms with Crippen molar-refractivity contribution in [2.75, 3.05) is 13.2 Å². The number of aryl methyl sites for hydroxylation is 1. The van der Waals surface area contributed by atoms with E-state index >= 15 is 0 Å². The highest BCUT2D eigenvalue weighted by Gasteiger charge is 2.19. The number of aliphatic imine (C=N–C) groups is 1. The second-order valence-corrected chi connectivity index (χ2v) is 5.65. The van der Waals surface area contributed by atoms with Gasteiger partial charge in [0.2, 0.25) is 0 Å². The number of guanidine groups is 1. The van der Waals surface area contributed by atoms with Crippen molar-refractivity contribution < 1.29 is 14.6 Å². The van der Waals surface area contributed by atoms with Gasteiger partial charge in [-0.2, -0.15) is 0 Å². The third-order valence-corrected chi connectivity index (χ3v) is 3.86. The van der Waals surface area contributed by atoms with Gasteiger partial charge >= 0.3 is 5.97 Å². The molecular formula is C16H23N3O3. The Bertz CT molecular complexity index is 554. The molecule has 0 aromatic heterocycles. The molecule has 0 saturated carbocycles. The van der Waals surface area contributed by atoms with Crippen molar-refractivity contribution in [3.05, 3.63) is 29.3 Å². The van der Waals surface area contributed by atoms with E-state index in [-0.39, 0.29) is 18.3 Å². The summed E-state index contributed by atoms with van der Waals surface area (Å²) in [6.45, 7) is 0.860. The quantitative estimate of drug-likeness (QED) is 0.317. The Labute approximate surface area is 130 Å². The number of carboxylic acids is 1. The molecule has 120 valence electrons. The molecule has 0 bridgehead atoms. The Balaban J connectivity index is 1.97. The molecule has 0 fully saturated rings. The van der Waals surface area contributed by atoms with Crippen molar-refractivity contribution in [3.8, 4) is 5.75 Å². The molecule has 1 aromatic carbocycles. The molecule has 0 amide bonds. The van der Waals surface area contributed by atoms with E-state index in [9.17, 15) is 4.79 Å². The van der Waals surface area contributed by atoms with Gasteiger partial charge in [-0.15, -0.1) is 0 Å². The second-order valence-electron chi connectivity index (χ2n) is 5.65. The van der Waals surface area contributed by atoms with Crippen LogP contribution >= 0.6 is 0 Å². The summed E-state index contributed by atoms with van der Waals surface area (Å²) >= 11 is 0. The maximum absolute atomic E-state index is 10.9. The predicted octanol–water partition coefficient (Wildman–Crippen LogP) is 1.31. The minimum absolute atomic E-state index is 0.0648. The number of ether oxygens (including phenoxy) is 1. The minimum Gasteiger partial charge on any atom is -0.492 e. The lowest BCUT2D eigenvalue weighted by Crippen LogP contribution is -2.23. The zero-order valence-electron chi connectivity index (χ0n) is 12.6. The van der Waals surface area contributed by atoms with Crippen molar-refractivity contribution in [2.45, 2.75) is 32.1 Å². The number of rotatable bonds is 6. The summed E-state index contributed by atoms with van der Waals surface area (Å²) in [5, 5.41) is 8.96. The van der Waals surface area contributed by atoms with E-state index in [0.717, 1.165) is 31.4 Å². The number of fused-ring (bicyclic) bond motifs is 1. The molecule has 1 unspecified atom stereocenters. The Morgan fingerprint density at radius 3 is 2.91 bits per heavy atom. The number of nitrogens with zero attached hydrogens (tertiary/aromatic N) is 1. The Kier molecular flexibility index (Phi) is 5.63. The zero-order valence-corrected chi connectivity index (χ0v) is 12.6. The highest BCUT2D eigenvalue weighted by atomic mass is 16.5. The van der Waals surface area contributed by atoms with Crippen LogP contribution in [0, 0.1) is 5.92 Å². The molecule has 1 aliphatic carbocycles. The van der Waals surface area contributed by atoms with Crippen LogP contribution in [0.3, 0.4) is 0 Å². The molecular weight excluding hydrogens is 282 g/mol. The van der Waals surface area contributed by atoms with E-state index in [0.29, 0.717) is 13.2 Å². The van der Waals surface area contributed by atoms with Gasteiger partial charge in [0, 0.05) is 6.42 Å². The molecule has 22 heavy (non-hydrogen) atoms. The summed E-state index contributed by atoms with van der Waals surface area (Å²) in [5.74, 6) is 0.386. The Morgan fingerprint density at radius 2 is 2.18 bits per heavy atom. The highest BCUT2D eigenvalue weighted by molar-refractivity contribution is 5.75. The van der Waals surface area contributed by atoms with Crippen molar-refractivity contribution in [2.24, 2.45) is 22.4 Å². The third kappa shape index (κ3) is 4.95. The van der Waals surface area contributed by atoms with Gasteiger partial charge in [-0.3, -0.25) is 9.79 Å². The normalized spacial score (nSPS) is 17.2. The second kappa shape index (κ2) is 7.68. The number of hydrogen-bond donors (Lipinski definition) is 3. The van der Waals surface area contributed by atoms with Gasteiger partial charge in [-0.1, -0.05) is 6.07 Å². The fourth-order valence-corrected chi connectivity index (χ4v) is 2.88. The van der Waals surface area contributed by atoms with E-state index in [1.807, 2.05) is 18.2 Å². The smallest absolute Gasteiger partial charge is 0.303 e. The largest absolute Gasteiger partial charge is 0.492 e. The number of benzene rings is 1. The summed E-state index contributed by atoms with van der Waals surface area (Å²) in [6.07, 6.45) is 4.02. The molecule has 1 aliphatic rings. The Hall–Kier alpha value is -2.24. The van der Waals surface area contributed by atoms with Crippen molar-refractivity contribution in [1.82, 2.24) is 0 Å². The van der Waals surface area contributed by atoms with Crippen LogP contribution in [0.15, 0.2) is 23.2 Å². The number of carbonyl (C=O) groups is 1. The maximum Gasteiger partial charge on any atom is 0.303 e. The summed E-state index contributed by atoms with van der Waals surface area (Å²) in [5.41, 5.74) is 13.0. The molecule has 6 heteroatoms. The van der Waals surface area contributed by atoms with Crippen LogP contribution in [-0.2, 0) is 17.6 Å². The van der Waals surface area contributed by atoms with Gasteiger partial charge in [-0.25, -0.2) is 0 Å². The fourth-order valence-electron chi connectivity index (χ4n) is 2.88. The highest BCUT2D eigenvalue weighted by Crippen LogP contribution is 2.29. The van der Waals surface area contributed by atoms with Crippen molar-refractivity contribution >= 4 is 11.9 Å². The van der Waals surface area contributed by atoms with Gasteiger partial charge in [-0.05, 0) is 54.9 Å². The molecule has 0 saturated heterocycles. The molecule has 0 spiro atoms. The van der Waals surface area contributed by atoms with Gasteiger partial charge in [0.25, 0.3) is 0 Å². The molecule has 1 aromatic rings. The zero-order chi connectivity index (χ0) is 15.9. The standard InChI is InChI=1S/C16H23N3O3/c17-16(18)19-6-7-22-14-5-4-13-8-11(9-15(20)21)2-1-3-12(13)10-14/h4-5,10-11H,1-3,6-9H2,(H,20,21)(H4,17,18,19). The Morgan fingerprint density at radius 1 is 1.36 bits per heavy atom. The number of hydrogen-bond acceptors (Lipinski definition) is 3. The van der Waals surface area contributed by atoms with Gasteiger partial charge < -0.3 is 21.3 Å². The lowest BCUT2D eigenvalue weighted by molar-refractivity contribution is -0.138. The third-order valence-electron chi connectivity index (χ3n) is 3.86. The molecule has 6 nitrogen and oxygen atoms in total. The monoisotopic (exact) mass is 305 g/mol. The summed E-state index contributed by atoms with van der Waals surface area (Å²) in [6, 6.07) is 6.02. The first-order chi connectivity index (χ1) is 10.5. The number of nitrogens with two attached hydrogens (primary N) is 2. The van der Waals surface area contributed by atoms with E-state index in [2.05, 4.69) is 4.99 Å². The van der Waals surface area contributed by atoms with Crippen LogP contribution in [-0.4, -0.2) is 30.2 Å². The summed E-state index contributed by atoms with van der Waals surface area (Å²) in [7, 11) is 0. The fraction of sp³-hybridized carbons (Fsp3) is 0.500. The molecule has 0 aliphatic heterocycles.